The zero-order valence-corrected chi connectivity index (χ0v) is 14.2. The van der Waals surface area contributed by atoms with Gasteiger partial charge < -0.3 is 11.5 Å². The van der Waals surface area contributed by atoms with Crippen molar-refractivity contribution in [3.63, 3.8) is 0 Å². The van der Waals surface area contributed by atoms with Gasteiger partial charge in [0, 0.05) is 13.1 Å². The van der Waals surface area contributed by atoms with Crippen LogP contribution in [-0.2, 0) is 10.3 Å². The van der Waals surface area contributed by atoms with Crippen LogP contribution in [0.3, 0.4) is 0 Å². The van der Waals surface area contributed by atoms with Gasteiger partial charge in [-0.05, 0) is 6.42 Å². The van der Waals surface area contributed by atoms with Crippen LogP contribution in [0.2, 0.25) is 0 Å². The Morgan fingerprint density at radius 3 is 1.71 bits per heavy atom. The number of nitrogens with two attached hydrogens (primary N) is 2. The summed E-state index contributed by atoms with van der Waals surface area (Å²) in [5.74, 6) is 0. The predicted octanol–water partition coefficient (Wildman–Crippen LogP) is 2.26. The van der Waals surface area contributed by atoms with Crippen molar-refractivity contribution >= 4 is 10.3 Å². The van der Waals surface area contributed by atoms with Crippen LogP contribution in [0.4, 0.5) is 0 Å². The topological polar surface area (TPSA) is 110 Å². The lowest BCUT2D eigenvalue weighted by molar-refractivity contribution is 0.328. The molecule has 0 heterocycles. The first-order chi connectivity index (χ1) is 9.88. The van der Waals surface area contributed by atoms with Crippen molar-refractivity contribution in [2.75, 3.05) is 13.1 Å². The Kier molecular flexibility index (Phi) is 12.2. The minimum atomic E-state index is -4.20. The highest BCUT2D eigenvalue weighted by atomic mass is 32.2. The van der Waals surface area contributed by atoms with Gasteiger partial charge in [0.25, 0.3) is 0 Å². The third kappa shape index (κ3) is 13.2. The first kappa shape index (κ1) is 20.8. The fraction of sp³-hybridized carbons (Fsp3) is 1.00. The summed E-state index contributed by atoms with van der Waals surface area (Å²) in [5, 5.41) is 0. The maximum absolute atomic E-state index is 11.1. The number of hydrogen-bond donors (Lipinski definition) is 3. The number of hydrogen-bond acceptors (Lipinski definition) is 4. The second-order valence-corrected chi connectivity index (χ2v) is 7.09. The van der Waals surface area contributed by atoms with Crippen molar-refractivity contribution in [2.45, 2.75) is 77.3 Å². The Morgan fingerprint density at radius 1 is 0.905 bits per heavy atom. The first-order valence-corrected chi connectivity index (χ1v) is 9.51. The van der Waals surface area contributed by atoms with Crippen LogP contribution in [0, 0.1) is 0 Å². The molecule has 0 aliphatic carbocycles. The minimum Gasteiger partial charge on any atom is -0.315 e. The van der Waals surface area contributed by atoms with Gasteiger partial charge in [-0.1, -0.05) is 64.7 Å². The van der Waals surface area contributed by atoms with E-state index >= 15 is 0 Å². The smallest absolute Gasteiger partial charge is 0.315 e. The Morgan fingerprint density at radius 2 is 1.33 bits per heavy atom. The van der Waals surface area contributed by atoms with E-state index in [-0.39, 0.29) is 13.1 Å². The molecule has 0 aromatic heterocycles. The SMILES string of the molecule is CCCCCCCCCCCCN(CC(N)N)S(=O)(=O)O. The molecule has 0 aromatic carbocycles. The quantitative estimate of drug-likeness (QED) is 0.258. The summed E-state index contributed by atoms with van der Waals surface area (Å²) in [6.45, 7) is 2.45. The summed E-state index contributed by atoms with van der Waals surface area (Å²) in [5.41, 5.74) is 10.7. The van der Waals surface area contributed by atoms with Crippen molar-refractivity contribution in [1.29, 1.82) is 0 Å². The lowest BCUT2D eigenvalue weighted by Crippen LogP contribution is -2.45. The van der Waals surface area contributed by atoms with Gasteiger partial charge in [0.2, 0.25) is 0 Å². The highest BCUT2D eigenvalue weighted by Crippen LogP contribution is 2.11. The molecule has 0 aliphatic rings. The second kappa shape index (κ2) is 12.3. The van der Waals surface area contributed by atoms with Crippen molar-refractivity contribution in [1.82, 2.24) is 4.31 Å². The molecule has 0 unspecified atom stereocenters. The minimum absolute atomic E-state index is 0.0454. The zero-order valence-electron chi connectivity index (χ0n) is 13.3. The second-order valence-electron chi connectivity index (χ2n) is 5.68. The van der Waals surface area contributed by atoms with Crippen LogP contribution in [-0.4, -0.2) is 36.5 Å². The van der Waals surface area contributed by atoms with E-state index in [1.54, 1.807) is 0 Å². The Bertz CT molecular complexity index is 334. The third-order valence-electron chi connectivity index (χ3n) is 3.50. The standard InChI is InChI=1S/C14H33N3O3S/c1-2-3-4-5-6-7-8-9-10-11-12-17(13-14(15)16)21(18,19)20/h14H,2-13,15-16H2,1H3,(H,18,19,20). The molecule has 6 nitrogen and oxygen atoms in total. The Balaban J connectivity index is 3.59. The Hall–Kier alpha value is -0.210. The van der Waals surface area contributed by atoms with E-state index < -0.39 is 16.5 Å². The number of rotatable bonds is 14. The van der Waals surface area contributed by atoms with E-state index in [0.717, 1.165) is 23.6 Å². The number of nitrogens with zero attached hydrogens (tertiary/aromatic N) is 1. The summed E-state index contributed by atoms with van der Waals surface area (Å²) < 4.78 is 32.3. The molecule has 0 saturated heterocycles. The molecule has 0 bridgehead atoms. The van der Waals surface area contributed by atoms with E-state index in [2.05, 4.69) is 6.92 Å². The highest BCUT2D eigenvalue weighted by molar-refractivity contribution is 7.83. The molecule has 7 heteroatoms. The monoisotopic (exact) mass is 323 g/mol. The summed E-state index contributed by atoms with van der Waals surface area (Å²) in [7, 11) is -4.20. The molecule has 0 saturated carbocycles. The first-order valence-electron chi connectivity index (χ1n) is 8.11. The van der Waals surface area contributed by atoms with Gasteiger partial charge >= 0.3 is 10.3 Å². The van der Waals surface area contributed by atoms with Gasteiger partial charge in [-0.25, -0.2) is 0 Å². The van der Waals surface area contributed by atoms with E-state index in [1.807, 2.05) is 0 Å². The normalized spacial score (nSPS) is 12.5. The average Bonchev–Trinajstić information content (AvgIpc) is 2.38. The molecule has 0 radical (unpaired) electrons. The van der Waals surface area contributed by atoms with Gasteiger partial charge in [-0.15, -0.1) is 0 Å². The fourth-order valence-electron chi connectivity index (χ4n) is 2.31. The lowest BCUT2D eigenvalue weighted by atomic mass is 10.1. The van der Waals surface area contributed by atoms with Crippen LogP contribution in [0.1, 0.15) is 71.1 Å². The van der Waals surface area contributed by atoms with Gasteiger partial charge in [0.1, 0.15) is 0 Å². The van der Waals surface area contributed by atoms with Gasteiger partial charge in [-0.3, -0.25) is 4.55 Å². The molecule has 0 atom stereocenters. The lowest BCUT2D eigenvalue weighted by Gasteiger charge is -2.20. The number of unbranched alkanes of at least 4 members (excludes halogenated alkanes) is 9. The van der Waals surface area contributed by atoms with Crippen molar-refractivity contribution in [3.8, 4) is 0 Å². The van der Waals surface area contributed by atoms with Crippen LogP contribution in [0.5, 0.6) is 0 Å². The zero-order chi connectivity index (χ0) is 16.1. The summed E-state index contributed by atoms with van der Waals surface area (Å²) in [6.07, 6.45) is 11.0. The van der Waals surface area contributed by atoms with Crippen LogP contribution < -0.4 is 11.5 Å². The van der Waals surface area contributed by atoms with E-state index in [4.69, 9.17) is 16.0 Å². The van der Waals surface area contributed by atoms with Crippen LogP contribution >= 0.6 is 0 Å². The average molecular weight is 324 g/mol. The molecule has 0 spiro atoms. The summed E-state index contributed by atoms with van der Waals surface area (Å²) in [4.78, 5) is 0. The maximum atomic E-state index is 11.1. The predicted molar refractivity (Wildman–Crippen MR) is 87.1 cm³/mol. The van der Waals surface area contributed by atoms with E-state index in [0.29, 0.717) is 0 Å². The molecule has 0 rings (SSSR count). The fourth-order valence-corrected chi connectivity index (χ4v) is 3.03. The van der Waals surface area contributed by atoms with Gasteiger partial charge in [0.15, 0.2) is 0 Å². The van der Waals surface area contributed by atoms with Crippen molar-refractivity contribution < 1.29 is 13.0 Å². The maximum Gasteiger partial charge on any atom is 0.336 e. The molecule has 5 N–H and O–H groups in total. The third-order valence-corrected chi connectivity index (χ3v) is 4.49. The van der Waals surface area contributed by atoms with Crippen molar-refractivity contribution in [3.05, 3.63) is 0 Å². The van der Waals surface area contributed by atoms with Crippen LogP contribution in [0.15, 0.2) is 0 Å². The highest BCUT2D eigenvalue weighted by Gasteiger charge is 2.19. The molecule has 0 aromatic rings. The van der Waals surface area contributed by atoms with E-state index in [9.17, 15) is 8.42 Å². The molecule has 21 heavy (non-hydrogen) atoms. The molecule has 128 valence electrons. The molecule has 0 aliphatic heterocycles. The molecule has 0 fully saturated rings. The van der Waals surface area contributed by atoms with Crippen molar-refractivity contribution in [2.24, 2.45) is 11.5 Å². The van der Waals surface area contributed by atoms with E-state index in [1.165, 1.54) is 44.9 Å². The largest absolute Gasteiger partial charge is 0.336 e. The Labute approximate surface area is 130 Å². The summed E-state index contributed by atoms with van der Waals surface area (Å²) >= 11 is 0. The molecule has 0 amide bonds. The van der Waals surface area contributed by atoms with Gasteiger partial charge in [0.05, 0.1) is 6.17 Å². The van der Waals surface area contributed by atoms with Gasteiger partial charge in [-0.2, -0.15) is 12.7 Å². The summed E-state index contributed by atoms with van der Waals surface area (Å²) in [6, 6.07) is 0. The molecular weight excluding hydrogens is 290 g/mol. The molecular formula is C14H33N3O3S. The van der Waals surface area contributed by atoms with Crippen LogP contribution in [0.25, 0.3) is 0 Å².